The van der Waals surface area contributed by atoms with Crippen molar-refractivity contribution in [1.29, 1.82) is 0 Å². The highest BCUT2D eigenvalue weighted by atomic mass is 19.1. The smallest absolute Gasteiger partial charge is 0.310 e. The number of esters is 1. The Balaban J connectivity index is 1.86. The van der Waals surface area contributed by atoms with Crippen molar-refractivity contribution in [2.75, 3.05) is 29.3 Å². The van der Waals surface area contributed by atoms with Crippen LogP contribution in [0.2, 0.25) is 0 Å². The van der Waals surface area contributed by atoms with Gasteiger partial charge >= 0.3 is 5.97 Å². The second kappa shape index (κ2) is 10.4. The maximum atomic E-state index is 13.3. The summed E-state index contributed by atoms with van der Waals surface area (Å²) in [5.74, 6) is -0.836. The van der Waals surface area contributed by atoms with Gasteiger partial charge in [-0.15, -0.1) is 0 Å². The predicted molar refractivity (Wildman–Crippen MR) is 131 cm³/mol. The number of fused-ring (bicyclic) bond motifs is 1. The Bertz CT molecular complexity index is 1020. The summed E-state index contributed by atoms with van der Waals surface area (Å²) in [5.41, 5.74) is 1.87. The van der Waals surface area contributed by atoms with Crippen LogP contribution >= 0.6 is 0 Å². The van der Waals surface area contributed by atoms with Crippen LogP contribution < -0.4 is 15.5 Å². The van der Waals surface area contributed by atoms with Crippen LogP contribution in [0.1, 0.15) is 52.5 Å². The molecule has 34 heavy (non-hydrogen) atoms. The highest BCUT2D eigenvalue weighted by Crippen LogP contribution is 2.40. The van der Waals surface area contributed by atoms with Gasteiger partial charge in [0, 0.05) is 12.8 Å². The predicted octanol–water partition coefficient (Wildman–Crippen LogP) is 5.07. The van der Waals surface area contributed by atoms with Gasteiger partial charge in [-0.2, -0.15) is 0 Å². The zero-order valence-electron chi connectivity index (χ0n) is 20.5. The topological polar surface area (TPSA) is 79.9 Å². The third-order valence-corrected chi connectivity index (χ3v) is 5.43. The monoisotopic (exact) mass is 471 g/mol. The van der Waals surface area contributed by atoms with E-state index in [1.807, 2.05) is 39.0 Å². The molecule has 0 fully saturated rings. The Morgan fingerprint density at radius 3 is 2.35 bits per heavy atom. The molecular formula is C26H34FN3O4. The number of hydrogen-bond donors (Lipinski definition) is 2. The minimum absolute atomic E-state index is 0.0810. The lowest BCUT2D eigenvalue weighted by atomic mass is 10.0. The Morgan fingerprint density at radius 2 is 1.74 bits per heavy atom. The Hall–Kier alpha value is -3.13. The molecule has 1 amide bonds. The van der Waals surface area contributed by atoms with Crippen molar-refractivity contribution in [2.45, 2.75) is 64.8 Å². The van der Waals surface area contributed by atoms with Crippen LogP contribution in [0.3, 0.4) is 0 Å². The molecule has 3 rings (SSSR count). The van der Waals surface area contributed by atoms with Crippen LogP contribution in [0.15, 0.2) is 42.5 Å². The number of carbonyl (C=O) groups excluding carboxylic acids is 2. The number of halogens is 1. The van der Waals surface area contributed by atoms with Crippen LogP contribution in [0, 0.1) is 5.82 Å². The van der Waals surface area contributed by atoms with Crippen molar-refractivity contribution >= 4 is 28.9 Å². The van der Waals surface area contributed by atoms with Crippen molar-refractivity contribution in [2.24, 2.45) is 0 Å². The van der Waals surface area contributed by atoms with Gasteiger partial charge in [-0.25, -0.2) is 4.39 Å². The average molecular weight is 472 g/mol. The van der Waals surface area contributed by atoms with Crippen LogP contribution in [-0.2, 0) is 25.6 Å². The van der Waals surface area contributed by atoms with Crippen molar-refractivity contribution in [3.8, 4) is 0 Å². The molecule has 1 unspecified atom stereocenters. The van der Waals surface area contributed by atoms with E-state index in [1.54, 1.807) is 17.0 Å². The standard InChI is InChI=1S/C26H34FN3O4/c1-6-13-26(15-24(32)34-25(2,3)4)28-21-12-11-20(14-22(21)29-26)30(23(31)17-33-5)16-18-7-9-19(27)10-8-18/h7-12,14,28-29H,6,13,15-17H2,1-5H3. The highest BCUT2D eigenvalue weighted by molar-refractivity contribution is 5.96. The zero-order valence-corrected chi connectivity index (χ0v) is 20.5. The number of carbonyl (C=O) groups is 2. The quantitative estimate of drug-likeness (QED) is 0.497. The molecule has 2 aromatic rings. The van der Waals surface area contributed by atoms with Gasteiger partial charge in [-0.05, 0) is 63.1 Å². The minimum Gasteiger partial charge on any atom is -0.460 e. The van der Waals surface area contributed by atoms with Crippen LogP contribution in [0.4, 0.5) is 21.5 Å². The molecule has 0 bridgehead atoms. The van der Waals surface area contributed by atoms with Crippen LogP contribution in [0.25, 0.3) is 0 Å². The number of hydrogen-bond acceptors (Lipinski definition) is 6. The van der Waals surface area contributed by atoms with Crippen molar-refractivity contribution in [3.05, 3.63) is 53.8 Å². The molecular weight excluding hydrogens is 437 g/mol. The second-order valence-corrected chi connectivity index (χ2v) is 9.61. The molecule has 0 aromatic heterocycles. The van der Waals surface area contributed by atoms with E-state index < -0.39 is 11.3 Å². The summed E-state index contributed by atoms with van der Waals surface area (Å²) in [6.07, 6.45) is 1.72. The second-order valence-electron chi connectivity index (χ2n) is 9.61. The summed E-state index contributed by atoms with van der Waals surface area (Å²) in [5, 5.41) is 6.93. The lowest BCUT2D eigenvalue weighted by Crippen LogP contribution is -2.45. The van der Waals surface area contributed by atoms with E-state index in [0.29, 0.717) is 12.1 Å². The van der Waals surface area contributed by atoms with Gasteiger partial charge in [0.1, 0.15) is 23.7 Å². The third kappa shape index (κ3) is 6.47. The first kappa shape index (κ1) is 25.5. The van der Waals surface area contributed by atoms with E-state index in [4.69, 9.17) is 9.47 Å². The number of nitrogens with one attached hydrogen (secondary N) is 2. The summed E-state index contributed by atoms with van der Waals surface area (Å²) >= 11 is 0. The zero-order chi connectivity index (χ0) is 24.9. The first-order chi connectivity index (χ1) is 16.0. The van der Waals surface area contributed by atoms with Crippen molar-refractivity contribution in [1.82, 2.24) is 0 Å². The van der Waals surface area contributed by atoms with E-state index >= 15 is 0 Å². The molecule has 0 saturated heterocycles. The molecule has 0 aliphatic carbocycles. The normalized spacial score (nSPS) is 16.9. The maximum Gasteiger partial charge on any atom is 0.310 e. The molecule has 2 aromatic carbocycles. The molecule has 7 nitrogen and oxygen atoms in total. The highest BCUT2D eigenvalue weighted by Gasteiger charge is 2.39. The lowest BCUT2D eigenvalue weighted by molar-refractivity contribution is -0.155. The van der Waals surface area contributed by atoms with Gasteiger partial charge in [0.15, 0.2) is 0 Å². The largest absolute Gasteiger partial charge is 0.460 e. The van der Waals surface area contributed by atoms with Gasteiger partial charge in [-0.3, -0.25) is 9.59 Å². The van der Waals surface area contributed by atoms with Gasteiger partial charge in [0.25, 0.3) is 5.91 Å². The average Bonchev–Trinajstić information content (AvgIpc) is 3.08. The van der Waals surface area contributed by atoms with E-state index in [-0.39, 0.29) is 37.3 Å². The number of amides is 1. The lowest BCUT2D eigenvalue weighted by Gasteiger charge is -2.31. The van der Waals surface area contributed by atoms with E-state index in [9.17, 15) is 14.0 Å². The van der Waals surface area contributed by atoms with Crippen molar-refractivity contribution < 1.29 is 23.5 Å². The molecule has 0 spiro atoms. The van der Waals surface area contributed by atoms with Crippen LogP contribution in [0.5, 0.6) is 0 Å². The van der Waals surface area contributed by atoms with E-state index in [0.717, 1.165) is 23.4 Å². The summed E-state index contributed by atoms with van der Waals surface area (Å²) in [6.45, 7) is 7.79. The molecule has 2 N–H and O–H groups in total. The molecule has 0 saturated carbocycles. The summed E-state index contributed by atoms with van der Waals surface area (Å²) in [6, 6.07) is 11.7. The molecule has 184 valence electrons. The number of methoxy groups -OCH3 is 1. The SMILES string of the molecule is CCCC1(CC(=O)OC(C)(C)C)Nc2ccc(N(Cc3ccc(F)cc3)C(=O)COC)cc2N1. The Morgan fingerprint density at radius 1 is 1.06 bits per heavy atom. The summed E-state index contributed by atoms with van der Waals surface area (Å²) in [7, 11) is 1.47. The molecule has 1 atom stereocenters. The van der Waals surface area contributed by atoms with E-state index in [2.05, 4.69) is 17.6 Å². The molecule has 1 heterocycles. The van der Waals surface area contributed by atoms with Gasteiger partial charge in [0.05, 0.1) is 24.3 Å². The first-order valence-electron chi connectivity index (χ1n) is 11.5. The van der Waals surface area contributed by atoms with Crippen LogP contribution in [-0.4, -0.2) is 36.9 Å². The summed E-state index contributed by atoms with van der Waals surface area (Å²) < 4.78 is 24.0. The third-order valence-electron chi connectivity index (χ3n) is 5.43. The fourth-order valence-corrected chi connectivity index (χ4v) is 4.11. The van der Waals surface area contributed by atoms with Gasteiger partial charge in [-0.1, -0.05) is 25.5 Å². The maximum absolute atomic E-state index is 13.3. The number of ether oxygens (including phenoxy) is 2. The first-order valence-corrected chi connectivity index (χ1v) is 11.5. The molecule has 1 aliphatic heterocycles. The number of benzene rings is 2. The van der Waals surface area contributed by atoms with E-state index in [1.165, 1.54) is 19.2 Å². The fourth-order valence-electron chi connectivity index (χ4n) is 4.11. The number of nitrogens with zero attached hydrogens (tertiary/aromatic N) is 1. The Labute approximate surface area is 200 Å². The molecule has 0 radical (unpaired) electrons. The molecule has 1 aliphatic rings. The van der Waals surface area contributed by atoms with Gasteiger partial charge < -0.3 is 25.0 Å². The number of anilines is 3. The minimum atomic E-state index is -0.670. The Kier molecular flexibility index (Phi) is 7.82. The van der Waals surface area contributed by atoms with Gasteiger partial charge in [0.2, 0.25) is 0 Å². The molecule has 8 heteroatoms. The summed E-state index contributed by atoms with van der Waals surface area (Å²) in [4.78, 5) is 27.1. The fraction of sp³-hybridized carbons (Fsp3) is 0.462. The van der Waals surface area contributed by atoms with Crippen molar-refractivity contribution in [3.63, 3.8) is 0 Å². The number of rotatable bonds is 9.